The van der Waals surface area contributed by atoms with Gasteiger partial charge in [0.25, 0.3) is 0 Å². The highest BCUT2D eigenvalue weighted by Gasteiger charge is 2.19. The molecule has 1 N–H and O–H groups in total. The summed E-state index contributed by atoms with van der Waals surface area (Å²) in [7, 11) is 0. The molecule has 26 heavy (non-hydrogen) atoms. The van der Waals surface area contributed by atoms with Crippen molar-refractivity contribution >= 4 is 17.7 Å². The second-order valence-electron chi connectivity index (χ2n) is 6.38. The van der Waals surface area contributed by atoms with E-state index in [9.17, 15) is 4.79 Å². The molecule has 4 rings (SSSR count). The molecule has 1 aliphatic rings. The third-order valence-electron chi connectivity index (χ3n) is 4.52. The van der Waals surface area contributed by atoms with Crippen molar-refractivity contribution in [3.8, 4) is 11.4 Å². The molecule has 1 fully saturated rings. The second kappa shape index (κ2) is 7.78. The van der Waals surface area contributed by atoms with Crippen LogP contribution >= 0.6 is 11.8 Å². The average molecular weight is 367 g/mol. The number of carbonyl (C=O) groups is 1. The first-order chi connectivity index (χ1) is 12.8. The van der Waals surface area contributed by atoms with Crippen LogP contribution in [0.5, 0.6) is 0 Å². The largest absolute Gasteiger partial charge is 0.353 e. The first-order valence-corrected chi connectivity index (χ1v) is 9.86. The maximum atomic E-state index is 12.3. The van der Waals surface area contributed by atoms with Crippen LogP contribution in [-0.2, 0) is 4.79 Å². The van der Waals surface area contributed by atoms with Crippen LogP contribution in [0.25, 0.3) is 11.4 Å². The Balaban J connectivity index is 1.54. The molecule has 0 atom stereocenters. The fourth-order valence-corrected chi connectivity index (χ4v) is 4.00. The van der Waals surface area contributed by atoms with Crippen molar-refractivity contribution in [3.63, 3.8) is 0 Å². The van der Waals surface area contributed by atoms with Crippen LogP contribution in [0.4, 0.5) is 0 Å². The topological polar surface area (TPSA) is 64.7 Å². The normalized spacial score (nSPS) is 14.6. The van der Waals surface area contributed by atoms with Crippen LogP contribution in [0.1, 0.15) is 25.7 Å². The van der Waals surface area contributed by atoms with E-state index in [1.165, 1.54) is 24.6 Å². The van der Waals surface area contributed by atoms with Crippen LogP contribution in [0, 0.1) is 0 Å². The van der Waals surface area contributed by atoms with Gasteiger partial charge in [-0.3, -0.25) is 9.47 Å². The summed E-state index contributed by atoms with van der Waals surface area (Å²) < 4.78 is 3.86. The van der Waals surface area contributed by atoms with E-state index in [0.29, 0.717) is 17.0 Å². The van der Waals surface area contributed by atoms with E-state index in [1.54, 1.807) is 0 Å². The van der Waals surface area contributed by atoms with Crippen molar-refractivity contribution in [1.82, 2.24) is 24.9 Å². The van der Waals surface area contributed by atoms with Crippen LogP contribution < -0.4 is 5.32 Å². The van der Waals surface area contributed by atoms with Gasteiger partial charge in [0.15, 0.2) is 5.82 Å². The molecule has 1 aliphatic carbocycles. The number of hydrogen-bond acceptors (Lipinski definition) is 4. The van der Waals surface area contributed by atoms with Gasteiger partial charge in [-0.05, 0) is 25.0 Å². The lowest BCUT2D eigenvalue weighted by molar-refractivity contribution is -0.119. The lowest BCUT2D eigenvalue weighted by atomic mass is 10.2. The smallest absolute Gasteiger partial charge is 0.230 e. The van der Waals surface area contributed by atoms with Gasteiger partial charge in [0.05, 0.1) is 5.75 Å². The summed E-state index contributed by atoms with van der Waals surface area (Å²) >= 11 is 1.41. The summed E-state index contributed by atoms with van der Waals surface area (Å²) in [6.07, 6.45) is 8.49. The molecule has 7 heteroatoms. The number of hydrogen-bond donors (Lipinski definition) is 1. The van der Waals surface area contributed by atoms with Crippen molar-refractivity contribution in [2.75, 3.05) is 5.75 Å². The Morgan fingerprint density at radius 1 is 1.08 bits per heavy atom. The number of aromatic nitrogens is 4. The quantitative estimate of drug-likeness (QED) is 0.680. The maximum Gasteiger partial charge on any atom is 0.230 e. The summed E-state index contributed by atoms with van der Waals surface area (Å²) in [4.78, 5) is 12.3. The summed E-state index contributed by atoms with van der Waals surface area (Å²) in [5.41, 5.74) is 0.982. The van der Waals surface area contributed by atoms with E-state index < -0.39 is 0 Å². The zero-order valence-electron chi connectivity index (χ0n) is 14.4. The van der Waals surface area contributed by atoms with Gasteiger partial charge in [0.2, 0.25) is 11.1 Å². The molecule has 134 valence electrons. The third-order valence-corrected chi connectivity index (χ3v) is 5.44. The Morgan fingerprint density at radius 2 is 1.81 bits per heavy atom. The van der Waals surface area contributed by atoms with Crippen molar-refractivity contribution in [3.05, 3.63) is 54.9 Å². The van der Waals surface area contributed by atoms with E-state index >= 15 is 0 Å². The molecule has 0 saturated heterocycles. The lowest BCUT2D eigenvalue weighted by Gasteiger charge is -2.13. The van der Waals surface area contributed by atoms with Crippen molar-refractivity contribution in [1.29, 1.82) is 0 Å². The number of carbonyl (C=O) groups excluding carboxylic acids is 1. The minimum absolute atomic E-state index is 0.0604. The molecule has 0 bridgehead atoms. The number of thioether (sulfide) groups is 1. The maximum absolute atomic E-state index is 12.3. The fraction of sp³-hybridized carbons (Fsp3) is 0.316. The van der Waals surface area contributed by atoms with Crippen molar-refractivity contribution in [2.24, 2.45) is 0 Å². The lowest BCUT2D eigenvalue weighted by Crippen LogP contribution is -2.33. The third kappa shape index (κ3) is 3.67. The molecule has 0 spiro atoms. The number of nitrogens with one attached hydrogen (secondary N) is 1. The highest BCUT2D eigenvalue weighted by Crippen LogP contribution is 2.24. The first kappa shape index (κ1) is 16.9. The molecular formula is C19H21N5OS. The fourth-order valence-electron chi connectivity index (χ4n) is 3.26. The number of benzene rings is 1. The van der Waals surface area contributed by atoms with Crippen LogP contribution in [-0.4, -0.2) is 37.3 Å². The van der Waals surface area contributed by atoms with Crippen molar-refractivity contribution < 1.29 is 4.79 Å². The number of nitrogens with zero attached hydrogens (tertiary/aromatic N) is 4. The van der Waals surface area contributed by atoms with E-state index in [-0.39, 0.29) is 5.91 Å². The van der Waals surface area contributed by atoms with Gasteiger partial charge in [0, 0.05) is 24.0 Å². The van der Waals surface area contributed by atoms with Crippen molar-refractivity contribution in [2.45, 2.75) is 36.9 Å². The average Bonchev–Trinajstić information content (AvgIpc) is 3.41. The van der Waals surface area contributed by atoms with E-state index in [2.05, 4.69) is 15.5 Å². The monoisotopic (exact) mass is 367 g/mol. The molecule has 1 amide bonds. The Labute approximate surface area is 156 Å². The van der Waals surface area contributed by atoms with Gasteiger partial charge in [-0.1, -0.05) is 54.9 Å². The minimum atomic E-state index is 0.0604. The molecule has 0 aliphatic heterocycles. The van der Waals surface area contributed by atoms with Gasteiger partial charge in [0.1, 0.15) is 0 Å². The highest BCUT2D eigenvalue weighted by molar-refractivity contribution is 7.99. The van der Waals surface area contributed by atoms with Crippen LogP contribution in [0.2, 0.25) is 0 Å². The van der Waals surface area contributed by atoms with Gasteiger partial charge in [-0.15, -0.1) is 10.2 Å². The van der Waals surface area contributed by atoms with Crippen LogP contribution in [0.15, 0.2) is 60.0 Å². The van der Waals surface area contributed by atoms with E-state index in [4.69, 9.17) is 0 Å². The summed E-state index contributed by atoms with van der Waals surface area (Å²) in [5.74, 6) is 1.15. The summed E-state index contributed by atoms with van der Waals surface area (Å²) in [6.45, 7) is 0. The molecular weight excluding hydrogens is 346 g/mol. The predicted octanol–water partition coefficient (Wildman–Crippen LogP) is 3.21. The first-order valence-electron chi connectivity index (χ1n) is 8.88. The van der Waals surface area contributed by atoms with E-state index in [1.807, 2.05) is 64.2 Å². The molecule has 6 nitrogen and oxygen atoms in total. The Morgan fingerprint density at radius 3 is 2.54 bits per heavy atom. The zero-order chi connectivity index (χ0) is 17.8. The van der Waals surface area contributed by atoms with Gasteiger partial charge in [-0.2, -0.15) is 0 Å². The highest BCUT2D eigenvalue weighted by atomic mass is 32.2. The summed E-state index contributed by atoms with van der Waals surface area (Å²) in [6, 6.07) is 14.2. The SMILES string of the molecule is O=C(CSc1nnc(-c2ccccc2)n1-n1cccc1)NC1CCCC1. The second-order valence-corrected chi connectivity index (χ2v) is 7.33. The predicted molar refractivity (Wildman–Crippen MR) is 102 cm³/mol. The standard InChI is InChI=1S/C19H21N5OS/c25-17(20-16-10-4-5-11-16)14-26-19-22-21-18(15-8-2-1-3-9-15)24(19)23-12-6-7-13-23/h1-3,6-9,12-13,16H,4-5,10-11,14H2,(H,20,25). The van der Waals surface area contributed by atoms with E-state index in [0.717, 1.165) is 24.2 Å². The minimum Gasteiger partial charge on any atom is -0.353 e. The molecule has 2 aromatic heterocycles. The van der Waals surface area contributed by atoms with Gasteiger partial charge >= 0.3 is 0 Å². The van der Waals surface area contributed by atoms with Gasteiger partial charge in [-0.25, -0.2) is 4.68 Å². The Bertz CT molecular complexity index is 853. The zero-order valence-corrected chi connectivity index (χ0v) is 15.2. The molecule has 0 unspecified atom stereocenters. The summed E-state index contributed by atoms with van der Waals surface area (Å²) in [5, 5.41) is 12.5. The number of amides is 1. The molecule has 1 saturated carbocycles. The molecule has 3 aromatic rings. The Hall–Kier alpha value is -2.54. The van der Waals surface area contributed by atoms with Crippen LogP contribution in [0.3, 0.4) is 0 Å². The molecule has 2 heterocycles. The molecule has 1 aromatic carbocycles. The van der Waals surface area contributed by atoms with Gasteiger partial charge < -0.3 is 5.32 Å². The Kier molecular flexibility index (Phi) is 5.06. The number of rotatable bonds is 6. The molecule has 0 radical (unpaired) electrons.